The zero-order valence-corrected chi connectivity index (χ0v) is 14.1. The first-order chi connectivity index (χ1) is 9.83. The molecule has 1 aliphatic heterocycles. The molecule has 1 aromatic carbocycles. The summed E-state index contributed by atoms with van der Waals surface area (Å²) in [6.07, 6.45) is 3.54. The summed E-state index contributed by atoms with van der Waals surface area (Å²) in [4.78, 5) is 2.61. The van der Waals surface area contributed by atoms with Crippen molar-refractivity contribution in [3.63, 3.8) is 0 Å². The summed E-state index contributed by atoms with van der Waals surface area (Å²) in [5.41, 5.74) is 1.36. The maximum absolute atomic E-state index is 5.73. The lowest BCUT2D eigenvalue weighted by atomic mass is 10.1. The van der Waals surface area contributed by atoms with Crippen LogP contribution in [0.4, 0.5) is 0 Å². The molecular formula is C17H29ClN2O. The third kappa shape index (κ3) is 5.85. The molecule has 0 aliphatic carbocycles. The number of rotatable bonds is 8. The van der Waals surface area contributed by atoms with Crippen LogP contribution >= 0.6 is 12.4 Å². The number of nitrogens with one attached hydrogen (secondary N) is 1. The molecule has 1 saturated heterocycles. The van der Waals surface area contributed by atoms with Gasteiger partial charge in [-0.3, -0.25) is 4.90 Å². The number of hydrogen-bond donors (Lipinski definition) is 1. The third-order valence-corrected chi connectivity index (χ3v) is 3.82. The third-order valence-electron chi connectivity index (χ3n) is 3.82. The molecule has 1 atom stereocenters. The maximum atomic E-state index is 5.73. The predicted octanol–water partition coefficient (Wildman–Crippen LogP) is 3.47. The predicted molar refractivity (Wildman–Crippen MR) is 91.5 cm³/mol. The van der Waals surface area contributed by atoms with E-state index in [0.29, 0.717) is 6.04 Å². The van der Waals surface area contributed by atoms with Crippen molar-refractivity contribution in [3.05, 3.63) is 29.8 Å². The average molecular weight is 313 g/mol. The number of nitrogens with zero attached hydrogens (tertiary/aromatic N) is 1. The molecule has 2 rings (SSSR count). The van der Waals surface area contributed by atoms with Gasteiger partial charge < -0.3 is 10.1 Å². The van der Waals surface area contributed by atoms with E-state index in [2.05, 4.69) is 48.3 Å². The van der Waals surface area contributed by atoms with Crippen molar-refractivity contribution in [2.75, 3.05) is 26.2 Å². The Labute approximate surface area is 135 Å². The highest BCUT2D eigenvalue weighted by atomic mass is 35.5. The zero-order valence-electron chi connectivity index (χ0n) is 13.3. The van der Waals surface area contributed by atoms with Crippen molar-refractivity contribution in [3.8, 4) is 5.75 Å². The summed E-state index contributed by atoms with van der Waals surface area (Å²) in [6.45, 7) is 9.69. The van der Waals surface area contributed by atoms with Crippen molar-refractivity contribution in [2.45, 2.75) is 45.7 Å². The van der Waals surface area contributed by atoms with Crippen molar-refractivity contribution in [1.82, 2.24) is 10.2 Å². The lowest BCUT2D eigenvalue weighted by Gasteiger charge is -2.28. The summed E-state index contributed by atoms with van der Waals surface area (Å²) in [5, 5.41) is 3.47. The fourth-order valence-corrected chi connectivity index (χ4v) is 2.82. The van der Waals surface area contributed by atoms with Crippen LogP contribution in [0.5, 0.6) is 5.75 Å². The van der Waals surface area contributed by atoms with Gasteiger partial charge in [0.2, 0.25) is 0 Å². The monoisotopic (exact) mass is 312 g/mol. The number of benzene rings is 1. The van der Waals surface area contributed by atoms with Crippen LogP contribution in [0.3, 0.4) is 0 Å². The molecule has 1 unspecified atom stereocenters. The van der Waals surface area contributed by atoms with E-state index < -0.39 is 0 Å². The minimum Gasteiger partial charge on any atom is -0.494 e. The Morgan fingerprint density at radius 1 is 1.29 bits per heavy atom. The van der Waals surface area contributed by atoms with Crippen molar-refractivity contribution in [2.24, 2.45) is 0 Å². The van der Waals surface area contributed by atoms with Gasteiger partial charge in [-0.15, -0.1) is 12.4 Å². The van der Waals surface area contributed by atoms with E-state index in [1.165, 1.54) is 24.9 Å². The molecule has 1 N–H and O–H groups in total. The molecule has 0 bridgehead atoms. The molecule has 120 valence electrons. The van der Waals surface area contributed by atoms with Crippen LogP contribution in [0.1, 0.15) is 38.7 Å². The Morgan fingerprint density at radius 2 is 2.14 bits per heavy atom. The molecule has 1 heterocycles. The average Bonchev–Trinajstić information content (AvgIpc) is 2.99. The highest BCUT2D eigenvalue weighted by molar-refractivity contribution is 5.85. The van der Waals surface area contributed by atoms with E-state index in [1.54, 1.807) is 0 Å². The normalized spacial score (nSPS) is 17.8. The van der Waals surface area contributed by atoms with Gasteiger partial charge in [0, 0.05) is 19.1 Å². The summed E-state index contributed by atoms with van der Waals surface area (Å²) in [6, 6.07) is 9.26. The van der Waals surface area contributed by atoms with Gasteiger partial charge in [0.25, 0.3) is 0 Å². The quantitative estimate of drug-likeness (QED) is 0.795. The second-order valence-corrected chi connectivity index (χ2v) is 5.61. The van der Waals surface area contributed by atoms with E-state index in [1.807, 2.05) is 0 Å². The molecule has 0 aromatic heterocycles. The van der Waals surface area contributed by atoms with Gasteiger partial charge in [-0.2, -0.15) is 0 Å². The molecule has 0 amide bonds. The van der Waals surface area contributed by atoms with E-state index in [4.69, 9.17) is 4.74 Å². The van der Waals surface area contributed by atoms with Gasteiger partial charge in [-0.1, -0.05) is 26.0 Å². The van der Waals surface area contributed by atoms with Gasteiger partial charge in [-0.25, -0.2) is 0 Å². The van der Waals surface area contributed by atoms with Crippen LogP contribution < -0.4 is 10.1 Å². The van der Waals surface area contributed by atoms with E-state index in [-0.39, 0.29) is 12.4 Å². The van der Waals surface area contributed by atoms with Gasteiger partial charge >= 0.3 is 0 Å². The number of hydrogen-bond acceptors (Lipinski definition) is 3. The van der Waals surface area contributed by atoms with Crippen molar-refractivity contribution < 1.29 is 4.74 Å². The summed E-state index contributed by atoms with van der Waals surface area (Å²) >= 11 is 0. The molecule has 21 heavy (non-hydrogen) atoms. The second kappa shape index (κ2) is 10.0. The highest BCUT2D eigenvalue weighted by Gasteiger charge is 2.21. The molecular weight excluding hydrogens is 284 g/mol. The summed E-state index contributed by atoms with van der Waals surface area (Å²) < 4.78 is 5.73. The molecule has 4 heteroatoms. The Balaban J connectivity index is 0.00000220. The Hall–Kier alpha value is -0.770. The van der Waals surface area contributed by atoms with Crippen LogP contribution in [0.2, 0.25) is 0 Å². The van der Waals surface area contributed by atoms with Crippen molar-refractivity contribution >= 4 is 12.4 Å². The smallest absolute Gasteiger partial charge is 0.119 e. The first-order valence-electron chi connectivity index (χ1n) is 8.00. The lowest BCUT2D eigenvalue weighted by molar-refractivity contribution is 0.199. The summed E-state index contributed by atoms with van der Waals surface area (Å²) in [5.74, 6) is 1.00. The Morgan fingerprint density at radius 3 is 2.81 bits per heavy atom. The van der Waals surface area contributed by atoms with Crippen LogP contribution in [0.25, 0.3) is 0 Å². The fourth-order valence-electron chi connectivity index (χ4n) is 2.82. The van der Waals surface area contributed by atoms with Gasteiger partial charge in [0.1, 0.15) is 5.75 Å². The van der Waals surface area contributed by atoms with Crippen LogP contribution in [-0.2, 0) is 6.54 Å². The Kier molecular flexibility index (Phi) is 8.74. The molecule has 0 saturated carbocycles. The first-order valence-corrected chi connectivity index (χ1v) is 8.00. The fraction of sp³-hybridized carbons (Fsp3) is 0.647. The molecule has 1 aliphatic rings. The molecule has 1 fully saturated rings. The largest absolute Gasteiger partial charge is 0.494 e. The second-order valence-electron chi connectivity index (χ2n) is 5.61. The molecule has 3 nitrogen and oxygen atoms in total. The minimum atomic E-state index is 0. The molecule has 1 aromatic rings. The van der Waals surface area contributed by atoms with Crippen molar-refractivity contribution in [1.29, 1.82) is 0 Å². The van der Waals surface area contributed by atoms with E-state index >= 15 is 0 Å². The Bertz CT molecular complexity index is 394. The van der Waals surface area contributed by atoms with E-state index in [9.17, 15) is 0 Å². The lowest BCUT2D eigenvalue weighted by Crippen LogP contribution is -2.36. The maximum Gasteiger partial charge on any atom is 0.119 e. The first kappa shape index (κ1) is 18.3. The number of halogens is 1. The zero-order chi connectivity index (χ0) is 14.2. The molecule has 0 radical (unpaired) electrons. The van der Waals surface area contributed by atoms with Gasteiger partial charge in [0.15, 0.2) is 0 Å². The topological polar surface area (TPSA) is 24.5 Å². The van der Waals surface area contributed by atoms with Crippen LogP contribution in [0.15, 0.2) is 24.3 Å². The number of ether oxygens (including phenoxy) is 1. The standard InChI is InChI=1S/C17H28N2O.ClH/c1-3-10-19(16-8-9-18-13-16)14-15-6-5-7-17(12-15)20-11-4-2;/h5-7,12,16,18H,3-4,8-11,13-14H2,1-2H3;1H. The minimum absolute atomic E-state index is 0. The molecule has 0 spiro atoms. The van der Waals surface area contributed by atoms with Crippen LogP contribution in [0, 0.1) is 0 Å². The van der Waals surface area contributed by atoms with Crippen LogP contribution in [-0.4, -0.2) is 37.2 Å². The SMILES string of the molecule is CCCOc1cccc(CN(CCC)C2CCNC2)c1.Cl. The van der Waals surface area contributed by atoms with E-state index in [0.717, 1.165) is 38.4 Å². The summed E-state index contributed by atoms with van der Waals surface area (Å²) in [7, 11) is 0. The van der Waals surface area contributed by atoms with Gasteiger partial charge in [-0.05, 0) is 50.0 Å². The van der Waals surface area contributed by atoms with Gasteiger partial charge in [0.05, 0.1) is 6.61 Å². The highest BCUT2D eigenvalue weighted by Crippen LogP contribution is 2.18.